The lowest BCUT2D eigenvalue weighted by atomic mass is 9.85. The van der Waals surface area contributed by atoms with Gasteiger partial charge in [-0.15, -0.1) is 17.9 Å². The number of aliphatic hydroxyl groups excluding tert-OH is 1. The van der Waals surface area contributed by atoms with Crippen molar-refractivity contribution in [1.29, 1.82) is 0 Å². The molecule has 4 fully saturated rings. The first-order valence-corrected chi connectivity index (χ1v) is 29.4. The predicted octanol–water partition coefficient (Wildman–Crippen LogP) is 5.43. The molecule has 6 aromatic rings. The number of hydrogen-bond acceptors (Lipinski definition) is 16. The number of piperazine rings is 2. The van der Waals surface area contributed by atoms with E-state index in [0.29, 0.717) is 40.6 Å². The number of β-amino-alcohol motifs (C(OH)–C–C–N with tert-alkyl or cyclic N) is 1. The summed E-state index contributed by atoms with van der Waals surface area (Å²) < 4.78 is 3.16. The first kappa shape index (κ1) is 57.4. The Labute approximate surface area is 477 Å². The molecule has 3 saturated heterocycles. The number of benzene rings is 2. The number of carbonyl (C=O) groups excluding carboxylic acids is 3. The van der Waals surface area contributed by atoms with Gasteiger partial charge in [-0.1, -0.05) is 57.2 Å². The van der Waals surface area contributed by atoms with Gasteiger partial charge >= 0.3 is 0 Å². The Bertz CT molecular complexity index is 3250. The summed E-state index contributed by atoms with van der Waals surface area (Å²) in [4.78, 5) is 85.9. The number of aliphatic hydroxyl groups is 2. The van der Waals surface area contributed by atoms with E-state index in [0.717, 1.165) is 98.3 Å². The van der Waals surface area contributed by atoms with E-state index in [2.05, 4.69) is 69.2 Å². The molecule has 3 aliphatic heterocycles. The molecule has 430 valence electrons. The molecule has 21 heteroatoms. The number of aryl methyl sites for hydroxylation is 1. The maximum Gasteiger partial charge on any atom is 0.278 e. The number of allylic oxidation sites excluding steroid dienone is 1. The van der Waals surface area contributed by atoms with Crippen LogP contribution in [0.3, 0.4) is 0 Å². The largest absolute Gasteiger partial charge is 0.391 e. The van der Waals surface area contributed by atoms with Gasteiger partial charge in [-0.05, 0) is 99.4 Å². The van der Waals surface area contributed by atoms with Crippen molar-refractivity contribution in [3.05, 3.63) is 118 Å². The van der Waals surface area contributed by atoms with Crippen LogP contribution >= 0.6 is 11.3 Å². The molecule has 0 bridgehead atoms. The number of thiazole rings is 1. The molecule has 3 amide bonds. The number of anilines is 3. The first-order chi connectivity index (χ1) is 38.8. The molecule has 10 rings (SSSR count). The third-order valence-corrected chi connectivity index (χ3v) is 17.5. The second-order valence-electron chi connectivity index (χ2n) is 23.8. The number of hydrogen-bond donors (Lipinski definition) is 5. The molecule has 3 atom stereocenters. The summed E-state index contributed by atoms with van der Waals surface area (Å²) in [5, 5.41) is 31.1. The van der Waals surface area contributed by atoms with Gasteiger partial charge in [0.25, 0.3) is 5.56 Å². The molecule has 0 radical (unpaired) electrons. The van der Waals surface area contributed by atoms with Crippen LogP contribution in [-0.4, -0.2) is 173 Å². The van der Waals surface area contributed by atoms with Gasteiger partial charge in [-0.3, -0.25) is 33.9 Å². The van der Waals surface area contributed by atoms with Gasteiger partial charge in [-0.25, -0.2) is 24.3 Å². The number of amides is 3. The molecule has 1 aliphatic carbocycles. The molecule has 4 aromatic heterocycles. The van der Waals surface area contributed by atoms with Crippen molar-refractivity contribution in [2.75, 3.05) is 75.7 Å². The minimum atomic E-state index is -1.18. The van der Waals surface area contributed by atoms with Gasteiger partial charge in [0.1, 0.15) is 23.1 Å². The first-order valence-electron chi connectivity index (χ1n) is 28.5. The van der Waals surface area contributed by atoms with E-state index >= 15 is 0 Å². The summed E-state index contributed by atoms with van der Waals surface area (Å²) in [6, 6.07) is 21.0. The third-order valence-electron chi connectivity index (χ3n) is 16.5. The molecule has 0 spiro atoms. The fraction of sp³-hybridized carbons (Fsp3) is 0.500. The van der Waals surface area contributed by atoms with Crippen LogP contribution in [0.4, 0.5) is 17.3 Å². The van der Waals surface area contributed by atoms with E-state index < -0.39 is 29.2 Å². The minimum absolute atomic E-state index is 0.0277. The molecule has 81 heavy (non-hydrogen) atoms. The lowest BCUT2D eigenvalue weighted by Crippen LogP contribution is -2.59. The van der Waals surface area contributed by atoms with Crippen LogP contribution in [0.2, 0.25) is 0 Å². The fourth-order valence-electron chi connectivity index (χ4n) is 12.0. The summed E-state index contributed by atoms with van der Waals surface area (Å²) in [6.45, 7) is 22.8. The zero-order chi connectivity index (χ0) is 57.2. The SMILES string of the molecule is C=CCn1c(=O)c2cnc(Nc3ccc(N4CCN(C5CCC(N6CCN(CC(=O)NC(C(=O)N7CC(O)CC7C(=O)NCc7ccc(-c8scnc8C)cc7)C(C)(C)C)CC6)CC5)CC4)cc3)nc2n1-c1cccc(C(C)(C)O)n1. The van der Waals surface area contributed by atoms with Crippen molar-refractivity contribution in [3.63, 3.8) is 0 Å². The van der Waals surface area contributed by atoms with Gasteiger partial charge in [-0.2, -0.15) is 4.98 Å². The lowest BCUT2D eigenvalue weighted by molar-refractivity contribution is -0.144. The number of aromatic nitrogens is 6. The van der Waals surface area contributed by atoms with Crippen LogP contribution in [0.25, 0.3) is 27.3 Å². The van der Waals surface area contributed by atoms with Crippen LogP contribution < -0.4 is 26.4 Å². The Balaban J connectivity index is 0.656. The average Bonchev–Trinajstić information content (AvgIpc) is 4.01. The van der Waals surface area contributed by atoms with E-state index in [4.69, 9.17) is 4.98 Å². The number of pyridine rings is 1. The standard InChI is InChI=1S/C60H78N14O6S/c1-8-24-73-56(78)47-35-62-58(67-54(47)74(73)50-11-9-10-49(65-50)60(6,7)80)64-42-16-18-43(19-17-42)70-29-31-71(32-30-70)45-22-20-44(21-23-45)69-27-25-68(26-28-69)37-51(76)66-53(59(3,4)5)57(79)72-36-46(75)33-48(72)55(77)61-34-40-12-14-41(15-13-40)52-39(2)63-38-81-52/h8-19,35,38,44-46,48,53,75,80H,1,20-34,36-37H2,2-7H3,(H,61,77)(H,66,76)(H,62,64,67). The van der Waals surface area contributed by atoms with E-state index in [1.54, 1.807) is 54.1 Å². The van der Waals surface area contributed by atoms with Crippen LogP contribution in [0.1, 0.15) is 83.7 Å². The van der Waals surface area contributed by atoms with Gasteiger partial charge in [0.2, 0.25) is 23.7 Å². The van der Waals surface area contributed by atoms with Crippen LogP contribution in [0.5, 0.6) is 0 Å². The Morgan fingerprint density at radius 3 is 2.14 bits per heavy atom. The van der Waals surface area contributed by atoms with E-state index in [9.17, 15) is 29.4 Å². The molecule has 20 nitrogen and oxygen atoms in total. The van der Waals surface area contributed by atoms with Gasteiger partial charge < -0.3 is 36.0 Å². The summed E-state index contributed by atoms with van der Waals surface area (Å²) in [6.07, 6.45) is 7.11. The number of carbonyl (C=O) groups is 3. The van der Waals surface area contributed by atoms with Crippen LogP contribution in [-0.2, 0) is 33.1 Å². The molecule has 3 unspecified atom stereocenters. The normalized spacial score (nSPS) is 21.0. The highest BCUT2D eigenvalue weighted by Gasteiger charge is 2.45. The molecular formula is C60H78N14O6S. The number of fused-ring (bicyclic) bond motifs is 1. The highest BCUT2D eigenvalue weighted by atomic mass is 32.1. The summed E-state index contributed by atoms with van der Waals surface area (Å²) in [7, 11) is 0. The Morgan fingerprint density at radius 2 is 1.52 bits per heavy atom. The maximum atomic E-state index is 14.3. The second-order valence-corrected chi connectivity index (χ2v) is 24.6. The molecule has 2 aromatic carbocycles. The zero-order valence-electron chi connectivity index (χ0n) is 47.6. The molecule has 7 heterocycles. The smallest absolute Gasteiger partial charge is 0.278 e. The number of likely N-dealkylation sites (tertiary alicyclic amines) is 1. The average molecular weight is 1120 g/mol. The van der Waals surface area contributed by atoms with Gasteiger partial charge in [0, 0.05) is 102 Å². The molecule has 5 N–H and O–H groups in total. The monoisotopic (exact) mass is 1120 g/mol. The van der Waals surface area contributed by atoms with E-state index in [1.165, 1.54) is 28.6 Å². The van der Waals surface area contributed by atoms with Crippen molar-refractivity contribution in [2.24, 2.45) is 5.41 Å². The van der Waals surface area contributed by atoms with Crippen molar-refractivity contribution in [1.82, 2.24) is 59.5 Å². The number of rotatable bonds is 17. The van der Waals surface area contributed by atoms with Crippen LogP contribution in [0, 0.1) is 12.3 Å². The highest BCUT2D eigenvalue weighted by molar-refractivity contribution is 7.13. The lowest BCUT2D eigenvalue weighted by Gasteiger charge is -2.45. The second kappa shape index (κ2) is 24.3. The van der Waals surface area contributed by atoms with E-state index in [-0.39, 0.29) is 55.9 Å². The maximum absolute atomic E-state index is 14.3. The van der Waals surface area contributed by atoms with E-state index in [1.807, 2.05) is 69.6 Å². The predicted molar refractivity (Wildman–Crippen MR) is 316 cm³/mol. The molecule has 4 aliphatic rings. The quantitative estimate of drug-likeness (QED) is 0.0720. The Morgan fingerprint density at radius 1 is 0.852 bits per heavy atom. The highest BCUT2D eigenvalue weighted by Crippen LogP contribution is 2.32. The van der Waals surface area contributed by atoms with Gasteiger partial charge in [0.05, 0.1) is 41.0 Å². The number of nitrogens with zero attached hydrogens (tertiary/aromatic N) is 11. The summed E-state index contributed by atoms with van der Waals surface area (Å²) in [5.41, 5.74) is 5.52. The van der Waals surface area contributed by atoms with Gasteiger partial charge in [0.15, 0.2) is 11.5 Å². The summed E-state index contributed by atoms with van der Waals surface area (Å²) >= 11 is 1.59. The fourth-order valence-corrected chi connectivity index (χ4v) is 12.8. The Hall–Kier alpha value is -6.88. The zero-order valence-corrected chi connectivity index (χ0v) is 48.4. The topological polar surface area (TPSA) is 222 Å². The molecule has 1 saturated carbocycles. The Kier molecular flexibility index (Phi) is 17.2. The van der Waals surface area contributed by atoms with Crippen molar-refractivity contribution in [2.45, 2.75) is 123 Å². The third kappa shape index (κ3) is 13.1. The van der Waals surface area contributed by atoms with Crippen molar-refractivity contribution < 1.29 is 24.6 Å². The summed E-state index contributed by atoms with van der Waals surface area (Å²) in [5.74, 6) is -0.132. The minimum Gasteiger partial charge on any atom is -0.391 e. The van der Waals surface area contributed by atoms with Crippen molar-refractivity contribution in [3.8, 4) is 16.3 Å². The van der Waals surface area contributed by atoms with Crippen molar-refractivity contribution >= 4 is 57.4 Å². The number of nitrogens with one attached hydrogen (secondary N) is 3. The molecular weight excluding hydrogens is 1040 g/mol. The van der Waals surface area contributed by atoms with Crippen LogP contribution in [0.15, 0.2) is 95.9 Å².